The summed E-state index contributed by atoms with van der Waals surface area (Å²) in [6.45, 7) is 4.29. The lowest BCUT2D eigenvalue weighted by atomic mass is 9.92. The summed E-state index contributed by atoms with van der Waals surface area (Å²) >= 11 is 5.71. The number of alkyl halides is 3. The fourth-order valence-corrected chi connectivity index (χ4v) is 4.99. The summed E-state index contributed by atoms with van der Waals surface area (Å²) in [4.78, 5) is 17.4. The highest BCUT2D eigenvalue weighted by Crippen LogP contribution is 2.35. The summed E-state index contributed by atoms with van der Waals surface area (Å²) in [6.07, 6.45) is -2.34. The Morgan fingerprint density at radius 2 is 1.97 bits per heavy atom. The van der Waals surface area contributed by atoms with Gasteiger partial charge in [-0.3, -0.25) is 9.69 Å². The van der Waals surface area contributed by atoms with Crippen LogP contribution in [-0.4, -0.2) is 73.2 Å². The molecule has 9 heteroatoms. The van der Waals surface area contributed by atoms with Crippen LogP contribution >= 0.6 is 11.6 Å². The van der Waals surface area contributed by atoms with Gasteiger partial charge >= 0.3 is 6.18 Å². The highest BCUT2D eigenvalue weighted by Gasteiger charge is 2.45. The molecule has 1 unspecified atom stereocenters. The molecular weight excluding hydrogens is 407 g/mol. The number of halogens is 4. The molecule has 160 valence electrons. The zero-order valence-corrected chi connectivity index (χ0v) is 16.8. The van der Waals surface area contributed by atoms with Crippen molar-refractivity contribution in [3.05, 3.63) is 34.3 Å². The van der Waals surface area contributed by atoms with Crippen LogP contribution in [0.3, 0.4) is 0 Å². The van der Waals surface area contributed by atoms with E-state index in [-0.39, 0.29) is 35.5 Å². The van der Waals surface area contributed by atoms with Gasteiger partial charge < -0.3 is 15.0 Å². The molecule has 1 amide bonds. The Kier molecular flexibility index (Phi) is 6.06. The standard InChI is InChI=1S/C20H25ClF3N3O2/c21-15-4-3-13(9-14(15)20(22,23)24)10-18(28)27-8-5-25-16-11-29-12-17(19(16)27)26-6-1-2-7-26/h3-4,9,16-17,19,25H,1-2,5-8,10-12H2/t16-,17?,19+/m1/s1. The Morgan fingerprint density at radius 1 is 1.21 bits per heavy atom. The maximum absolute atomic E-state index is 13.2. The molecule has 29 heavy (non-hydrogen) atoms. The fourth-order valence-electron chi connectivity index (χ4n) is 4.77. The van der Waals surface area contributed by atoms with Crippen molar-refractivity contribution in [3.8, 4) is 0 Å². The number of hydrogen-bond donors (Lipinski definition) is 1. The van der Waals surface area contributed by atoms with E-state index in [2.05, 4.69) is 10.2 Å². The molecule has 0 spiro atoms. The van der Waals surface area contributed by atoms with Crippen LogP contribution in [0.5, 0.6) is 0 Å². The molecule has 1 aromatic carbocycles. The van der Waals surface area contributed by atoms with Crippen LogP contribution in [0.1, 0.15) is 24.0 Å². The largest absolute Gasteiger partial charge is 0.417 e. The van der Waals surface area contributed by atoms with Crippen molar-refractivity contribution in [1.82, 2.24) is 15.1 Å². The van der Waals surface area contributed by atoms with E-state index >= 15 is 0 Å². The molecule has 3 atom stereocenters. The normalized spacial score (nSPS) is 28.4. The fraction of sp³-hybridized carbons (Fsp3) is 0.650. The van der Waals surface area contributed by atoms with Crippen molar-refractivity contribution in [2.24, 2.45) is 0 Å². The molecule has 3 aliphatic rings. The van der Waals surface area contributed by atoms with Crippen LogP contribution < -0.4 is 5.32 Å². The first-order valence-electron chi connectivity index (χ1n) is 10.0. The Labute approximate surface area is 173 Å². The number of piperazine rings is 1. The maximum atomic E-state index is 13.2. The average Bonchev–Trinajstić information content (AvgIpc) is 3.22. The minimum atomic E-state index is -4.54. The first kappa shape index (κ1) is 20.9. The third-order valence-corrected chi connectivity index (χ3v) is 6.46. The number of rotatable bonds is 3. The van der Waals surface area contributed by atoms with E-state index in [1.54, 1.807) is 0 Å². The molecule has 5 nitrogen and oxygen atoms in total. The van der Waals surface area contributed by atoms with Crippen molar-refractivity contribution < 1.29 is 22.7 Å². The predicted molar refractivity (Wildman–Crippen MR) is 103 cm³/mol. The number of amides is 1. The summed E-state index contributed by atoms with van der Waals surface area (Å²) in [6, 6.07) is 3.83. The first-order valence-corrected chi connectivity index (χ1v) is 10.4. The zero-order chi connectivity index (χ0) is 20.6. The highest BCUT2D eigenvalue weighted by atomic mass is 35.5. The zero-order valence-electron chi connectivity index (χ0n) is 16.1. The van der Waals surface area contributed by atoms with Crippen molar-refractivity contribution in [2.75, 3.05) is 39.4 Å². The summed E-state index contributed by atoms with van der Waals surface area (Å²) in [5.74, 6) is -0.150. The van der Waals surface area contributed by atoms with Gasteiger partial charge in [-0.25, -0.2) is 0 Å². The molecule has 3 aliphatic heterocycles. The van der Waals surface area contributed by atoms with Gasteiger partial charge in [0.05, 0.1) is 48.3 Å². The van der Waals surface area contributed by atoms with E-state index in [9.17, 15) is 18.0 Å². The van der Waals surface area contributed by atoms with Gasteiger partial charge in [-0.05, 0) is 43.6 Å². The Hall–Kier alpha value is -1.35. The molecule has 0 aliphatic carbocycles. The summed E-state index contributed by atoms with van der Waals surface area (Å²) in [5, 5.41) is 3.10. The van der Waals surface area contributed by atoms with Gasteiger partial charge in [0.1, 0.15) is 0 Å². The number of ether oxygens (including phenoxy) is 1. The average molecular weight is 432 g/mol. The molecule has 1 N–H and O–H groups in total. The van der Waals surface area contributed by atoms with E-state index in [4.69, 9.17) is 16.3 Å². The van der Waals surface area contributed by atoms with Crippen LogP contribution in [0.4, 0.5) is 13.2 Å². The van der Waals surface area contributed by atoms with Gasteiger partial charge in [0.2, 0.25) is 5.91 Å². The SMILES string of the molecule is O=C(Cc1ccc(Cl)c(C(F)(F)F)c1)N1CCN[C@@H]2COCC(N3CCCC3)[C@H]21. The van der Waals surface area contributed by atoms with Crippen LogP contribution in [0, 0.1) is 0 Å². The second-order valence-electron chi connectivity index (χ2n) is 7.97. The number of carbonyl (C=O) groups is 1. The van der Waals surface area contributed by atoms with Crippen molar-refractivity contribution >= 4 is 17.5 Å². The number of benzene rings is 1. The van der Waals surface area contributed by atoms with Crippen molar-refractivity contribution in [1.29, 1.82) is 0 Å². The number of hydrogen-bond acceptors (Lipinski definition) is 4. The first-order chi connectivity index (χ1) is 13.8. The summed E-state index contributed by atoms with van der Waals surface area (Å²) < 4.78 is 45.3. The van der Waals surface area contributed by atoms with E-state index in [1.165, 1.54) is 12.1 Å². The maximum Gasteiger partial charge on any atom is 0.417 e. The Morgan fingerprint density at radius 3 is 2.69 bits per heavy atom. The minimum absolute atomic E-state index is 0.0301. The highest BCUT2D eigenvalue weighted by molar-refractivity contribution is 6.31. The third kappa shape index (κ3) is 4.40. The van der Waals surface area contributed by atoms with E-state index in [0.29, 0.717) is 31.9 Å². The van der Waals surface area contributed by atoms with Gasteiger partial charge in [0.25, 0.3) is 0 Å². The number of carbonyl (C=O) groups excluding carboxylic acids is 1. The molecule has 0 aromatic heterocycles. The molecule has 3 heterocycles. The van der Waals surface area contributed by atoms with E-state index in [0.717, 1.165) is 32.0 Å². The van der Waals surface area contributed by atoms with Gasteiger partial charge in [-0.15, -0.1) is 0 Å². The lowest BCUT2D eigenvalue weighted by Gasteiger charge is -2.50. The van der Waals surface area contributed by atoms with E-state index < -0.39 is 11.7 Å². The quantitative estimate of drug-likeness (QED) is 0.799. The van der Waals surface area contributed by atoms with Crippen LogP contribution in [0.25, 0.3) is 0 Å². The topological polar surface area (TPSA) is 44.8 Å². The lowest BCUT2D eigenvalue weighted by molar-refractivity contribution is -0.143. The summed E-state index contributed by atoms with van der Waals surface area (Å²) in [5.41, 5.74) is -0.574. The third-order valence-electron chi connectivity index (χ3n) is 6.13. The molecule has 4 rings (SSSR count). The molecular formula is C20H25ClF3N3O2. The second-order valence-corrected chi connectivity index (χ2v) is 8.38. The summed E-state index contributed by atoms with van der Waals surface area (Å²) in [7, 11) is 0. The number of nitrogens with one attached hydrogen (secondary N) is 1. The van der Waals surface area contributed by atoms with Crippen LogP contribution in [0.15, 0.2) is 18.2 Å². The molecule has 0 bridgehead atoms. The van der Waals surface area contributed by atoms with Crippen LogP contribution in [0.2, 0.25) is 5.02 Å². The number of fused-ring (bicyclic) bond motifs is 1. The molecule has 0 saturated carbocycles. The smallest absolute Gasteiger partial charge is 0.378 e. The van der Waals surface area contributed by atoms with Crippen molar-refractivity contribution in [2.45, 2.75) is 43.6 Å². The lowest BCUT2D eigenvalue weighted by Crippen LogP contribution is -2.70. The predicted octanol–water partition coefficient (Wildman–Crippen LogP) is 2.56. The Balaban J connectivity index is 1.54. The van der Waals surface area contributed by atoms with Crippen LogP contribution in [-0.2, 0) is 22.1 Å². The van der Waals surface area contributed by atoms with Gasteiger partial charge in [0, 0.05) is 13.1 Å². The van der Waals surface area contributed by atoms with Gasteiger partial charge in [-0.2, -0.15) is 13.2 Å². The second kappa shape index (κ2) is 8.41. The van der Waals surface area contributed by atoms with Gasteiger partial charge in [0.15, 0.2) is 0 Å². The number of likely N-dealkylation sites (tertiary alicyclic amines) is 1. The van der Waals surface area contributed by atoms with Crippen molar-refractivity contribution in [3.63, 3.8) is 0 Å². The van der Waals surface area contributed by atoms with Gasteiger partial charge in [-0.1, -0.05) is 17.7 Å². The van der Waals surface area contributed by atoms with E-state index in [1.807, 2.05) is 4.90 Å². The minimum Gasteiger partial charge on any atom is -0.378 e. The Bertz CT molecular complexity index is 753. The number of nitrogens with zero attached hydrogens (tertiary/aromatic N) is 2. The molecule has 1 aromatic rings. The molecule has 3 saturated heterocycles. The molecule has 0 radical (unpaired) electrons. The monoisotopic (exact) mass is 431 g/mol. The molecule has 3 fully saturated rings.